The van der Waals surface area contributed by atoms with Crippen LogP contribution in [0.15, 0.2) is 72.3 Å². The van der Waals surface area contributed by atoms with Crippen LogP contribution in [0.5, 0.6) is 11.5 Å². The number of carbonyl (C=O) groups is 2. The third kappa shape index (κ3) is 3.79. The number of ketones is 1. The van der Waals surface area contributed by atoms with Crippen molar-refractivity contribution in [2.75, 3.05) is 19.1 Å². The number of hydrogen-bond donors (Lipinski definition) is 1. The second-order valence-electron chi connectivity index (χ2n) is 7.75. The molecule has 35 heavy (non-hydrogen) atoms. The van der Waals surface area contributed by atoms with Gasteiger partial charge in [0.25, 0.3) is 5.78 Å². The summed E-state index contributed by atoms with van der Waals surface area (Å²) in [5, 5.41) is 11.4. The number of anilines is 1. The molecule has 0 saturated carbocycles. The zero-order chi connectivity index (χ0) is 24.7. The summed E-state index contributed by atoms with van der Waals surface area (Å²) in [7, 11) is 3.00. The van der Waals surface area contributed by atoms with Gasteiger partial charge < -0.3 is 14.6 Å². The summed E-state index contributed by atoms with van der Waals surface area (Å²) in [6.45, 7) is 0. The summed E-state index contributed by atoms with van der Waals surface area (Å²) in [4.78, 5) is 32.4. The van der Waals surface area contributed by atoms with Crippen LogP contribution in [0.2, 0.25) is 0 Å². The molecule has 1 aliphatic rings. The Morgan fingerprint density at radius 1 is 1.03 bits per heavy atom. The van der Waals surface area contributed by atoms with Crippen LogP contribution in [0.1, 0.15) is 17.2 Å². The van der Waals surface area contributed by atoms with Crippen molar-refractivity contribution in [3.05, 3.63) is 89.2 Å². The quantitative estimate of drug-likeness (QED) is 0.239. The first-order valence-corrected chi connectivity index (χ1v) is 11.4. The first-order chi connectivity index (χ1) is 16.9. The van der Waals surface area contributed by atoms with E-state index >= 15 is 0 Å². The molecule has 1 fully saturated rings. The molecular weight excluding hydrogens is 471 g/mol. The molecule has 1 saturated heterocycles. The van der Waals surface area contributed by atoms with Crippen LogP contribution >= 0.6 is 11.3 Å². The van der Waals surface area contributed by atoms with Crippen molar-refractivity contribution in [1.82, 2.24) is 4.98 Å². The highest BCUT2D eigenvalue weighted by Gasteiger charge is 2.49. The van der Waals surface area contributed by atoms with Gasteiger partial charge in [-0.05, 0) is 48.5 Å². The molecule has 2 heterocycles. The van der Waals surface area contributed by atoms with Crippen LogP contribution < -0.4 is 14.4 Å². The molecule has 1 N–H and O–H groups in total. The van der Waals surface area contributed by atoms with Crippen molar-refractivity contribution in [1.29, 1.82) is 0 Å². The Kier molecular flexibility index (Phi) is 5.70. The number of rotatable bonds is 5. The SMILES string of the molecule is COc1ccc(C(O)=C2C(=O)C(=O)N(c3nc4ccc(F)cc4s3)[C@H]2c2ccccc2OC)cc1. The van der Waals surface area contributed by atoms with Crippen LogP contribution in [0.25, 0.3) is 16.0 Å². The van der Waals surface area contributed by atoms with Crippen LogP contribution in [0, 0.1) is 5.82 Å². The fourth-order valence-electron chi connectivity index (χ4n) is 4.11. The highest BCUT2D eigenvalue weighted by Crippen LogP contribution is 2.46. The molecule has 7 nitrogen and oxygen atoms in total. The third-order valence-corrected chi connectivity index (χ3v) is 6.80. The van der Waals surface area contributed by atoms with Crippen molar-refractivity contribution < 1.29 is 28.6 Å². The average Bonchev–Trinajstić information content (AvgIpc) is 3.41. The molecular formula is C26H19FN2O5S. The van der Waals surface area contributed by atoms with E-state index in [1.54, 1.807) is 48.5 Å². The molecule has 0 bridgehead atoms. The number of aliphatic hydroxyl groups is 1. The zero-order valence-electron chi connectivity index (χ0n) is 18.7. The number of nitrogens with zero attached hydrogens (tertiary/aromatic N) is 2. The molecule has 1 amide bonds. The molecule has 176 valence electrons. The number of aromatic nitrogens is 1. The highest BCUT2D eigenvalue weighted by molar-refractivity contribution is 7.22. The summed E-state index contributed by atoms with van der Waals surface area (Å²) in [6, 6.07) is 16.5. The van der Waals surface area contributed by atoms with Crippen LogP contribution in [0.4, 0.5) is 9.52 Å². The lowest BCUT2D eigenvalue weighted by atomic mass is 9.94. The molecule has 0 spiro atoms. The van der Waals surface area contributed by atoms with E-state index in [2.05, 4.69) is 4.98 Å². The predicted molar refractivity (Wildman–Crippen MR) is 130 cm³/mol. The van der Waals surface area contributed by atoms with Gasteiger partial charge in [0, 0.05) is 11.1 Å². The van der Waals surface area contributed by atoms with Gasteiger partial charge in [0.15, 0.2) is 5.13 Å². The fourth-order valence-corrected chi connectivity index (χ4v) is 5.13. The minimum atomic E-state index is -1.02. The Morgan fingerprint density at radius 2 is 1.77 bits per heavy atom. The number of ether oxygens (including phenoxy) is 2. The van der Waals surface area contributed by atoms with Gasteiger partial charge in [0.1, 0.15) is 29.1 Å². The number of methoxy groups -OCH3 is 2. The zero-order valence-corrected chi connectivity index (χ0v) is 19.5. The van der Waals surface area contributed by atoms with E-state index in [1.165, 1.54) is 37.3 Å². The smallest absolute Gasteiger partial charge is 0.301 e. The third-order valence-electron chi connectivity index (χ3n) is 5.79. The number of hydrogen-bond acceptors (Lipinski definition) is 7. The summed E-state index contributed by atoms with van der Waals surface area (Å²) in [5.74, 6) is -1.48. The number of Topliss-reactive ketones (excluding diaryl/α,β-unsaturated/α-hetero) is 1. The largest absolute Gasteiger partial charge is 0.507 e. The summed E-state index contributed by atoms with van der Waals surface area (Å²) in [6.07, 6.45) is 0. The number of carbonyl (C=O) groups excluding carboxylic acids is 2. The van der Waals surface area contributed by atoms with Gasteiger partial charge in [-0.3, -0.25) is 14.5 Å². The van der Waals surface area contributed by atoms with Crippen molar-refractivity contribution >= 4 is 44.1 Å². The van der Waals surface area contributed by atoms with Gasteiger partial charge in [0.2, 0.25) is 0 Å². The van der Waals surface area contributed by atoms with Gasteiger partial charge in [-0.1, -0.05) is 29.5 Å². The van der Waals surface area contributed by atoms with Gasteiger partial charge in [0.05, 0.1) is 30.0 Å². The Morgan fingerprint density at radius 3 is 2.49 bits per heavy atom. The van der Waals surface area contributed by atoms with E-state index in [9.17, 15) is 19.1 Å². The second kappa shape index (κ2) is 8.84. The molecule has 5 rings (SSSR count). The minimum absolute atomic E-state index is 0.102. The Labute approximate surface area is 203 Å². The molecule has 0 radical (unpaired) electrons. The van der Waals surface area contributed by atoms with E-state index in [0.29, 0.717) is 32.8 Å². The maximum Gasteiger partial charge on any atom is 0.301 e. The van der Waals surface area contributed by atoms with Gasteiger partial charge in [-0.2, -0.15) is 0 Å². The number of halogens is 1. The molecule has 0 aliphatic carbocycles. The second-order valence-corrected chi connectivity index (χ2v) is 8.76. The number of aliphatic hydroxyl groups excluding tert-OH is 1. The first kappa shape index (κ1) is 22.5. The number of fused-ring (bicyclic) bond motifs is 1. The number of para-hydroxylation sites is 1. The first-order valence-electron chi connectivity index (χ1n) is 10.6. The maximum atomic E-state index is 13.8. The van der Waals surface area contributed by atoms with Crippen LogP contribution in [0.3, 0.4) is 0 Å². The van der Waals surface area contributed by atoms with E-state index < -0.39 is 23.5 Å². The highest BCUT2D eigenvalue weighted by atomic mass is 32.1. The summed E-state index contributed by atoms with van der Waals surface area (Å²) < 4.78 is 25.0. The van der Waals surface area contributed by atoms with Gasteiger partial charge >= 0.3 is 5.91 Å². The molecule has 1 aliphatic heterocycles. The van der Waals surface area contributed by atoms with Gasteiger partial charge in [-0.15, -0.1) is 0 Å². The lowest BCUT2D eigenvalue weighted by Crippen LogP contribution is -2.29. The molecule has 0 unspecified atom stereocenters. The predicted octanol–water partition coefficient (Wildman–Crippen LogP) is 5.08. The molecule has 1 atom stereocenters. The molecule has 9 heteroatoms. The normalized spacial score (nSPS) is 17.2. The summed E-state index contributed by atoms with van der Waals surface area (Å²) in [5.41, 5.74) is 1.22. The van der Waals surface area contributed by atoms with Crippen molar-refractivity contribution in [3.63, 3.8) is 0 Å². The van der Waals surface area contributed by atoms with E-state index in [0.717, 1.165) is 11.3 Å². The Hall–Kier alpha value is -4.24. The average molecular weight is 491 g/mol. The monoisotopic (exact) mass is 490 g/mol. The Balaban J connectivity index is 1.74. The summed E-state index contributed by atoms with van der Waals surface area (Å²) >= 11 is 1.08. The molecule has 1 aromatic heterocycles. The Bertz CT molecular complexity index is 1500. The number of thiazole rings is 1. The van der Waals surface area contributed by atoms with Crippen molar-refractivity contribution in [2.45, 2.75) is 6.04 Å². The van der Waals surface area contributed by atoms with E-state index in [-0.39, 0.29) is 16.5 Å². The number of benzene rings is 3. The number of amides is 1. The van der Waals surface area contributed by atoms with Crippen molar-refractivity contribution in [2.24, 2.45) is 0 Å². The standard InChI is InChI=1S/C26H19FN2O5S/c1-33-16-10-7-14(8-11-16)23(30)21-22(17-5-3-4-6-19(17)34-2)29(25(32)24(21)31)26-28-18-12-9-15(27)13-20(18)35-26/h3-13,22,30H,1-2H3/t22-/m0/s1. The fraction of sp³-hybridized carbons (Fsp3) is 0.115. The van der Waals surface area contributed by atoms with Crippen molar-refractivity contribution in [3.8, 4) is 11.5 Å². The minimum Gasteiger partial charge on any atom is -0.507 e. The van der Waals surface area contributed by atoms with E-state index in [1.807, 2.05) is 0 Å². The lowest BCUT2D eigenvalue weighted by Gasteiger charge is -2.24. The maximum absolute atomic E-state index is 13.8. The van der Waals surface area contributed by atoms with E-state index in [4.69, 9.17) is 9.47 Å². The molecule has 3 aromatic carbocycles. The topological polar surface area (TPSA) is 89.0 Å². The van der Waals surface area contributed by atoms with Crippen LogP contribution in [-0.2, 0) is 9.59 Å². The molecule has 4 aromatic rings. The van der Waals surface area contributed by atoms with Gasteiger partial charge in [-0.25, -0.2) is 9.37 Å². The lowest BCUT2D eigenvalue weighted by molar-refractivity contribution is -0.132. The van der Waals surface area contributed by atoms with Crippen LogP contribution in [-0.4, -0.2) is 36.0 Å².